The van der Waals surface area contributed by atoms with Gasteiger partial charge >= 0.3 is 0 Å². The third-order valence-electron chi connectivity index (χ3n) is 3.98. The van der Waals surface area contributed by atoms with Crippen molar-refractivity contribution in [2.45, 2.75) is 20.0 Å². The Labute approximate surface area is 157 Å². The maximum absolute atomic E-state index is 5.34. The van der Waals surface area contributed by atoms with Gasteiger partial charge in [-0.05, 0) is 24.1 Å². The van der Waals surface area contributed by atoms with Crippen molar-refractivity contribution >= 4 is 6.21 Å². The second kappa shape index (κ2) is 8.84. The van der Waals surface area contributed by atoms with Crippen LogP contribution in [0.2, 0.25) is 0 Å². The summed E-state index contributed by atoms with van der Waals surface area (Å²) in [5.74, 6) is 2.08. The molecule has 140 valence electrons. The Morgan fingerprint density at radius 2 is 1.89 bits per heavy atom. The van der Waals surface area contributed by atoms with Gasteiger partial charge in [-0.1, -0.05) is 47.6 Å². The number of nitrogens with zero attached hydrogens (tertiary/aromatic N) is 3. The number of para-hydroxylation sites is 1. The van der Waals surface area contributed by atoms with E-state index in [4.69, 9.17) is 18.8 Å². The Kier molecular flexibility index (Phi) is 6.04. The van der Waals surface area contributed by atoms with E-state index in [9.17, 15) is 0 Å². The lowest BCUT2D eigenvalue weighted by Gasteiger charge is -2.09. The summed E-state index contributed by atoms with van der Waals surface area (Å²) >= 11 is 0. The minimum atomic E-state index is 0.0722. The number of methoxy groups -OCH3 is 2. The number of rotatable bonds is 8. The molecule has 0 aliphatic rings. The van der Waals surface area contributed by atoms with E-state index < -0.39 is 0 Å². The molecule has 1 aromatic heterocycles. The molecule has 7 heteroatoms. The monoisotopic (exact) mass is 367 g/mol. The van der Waals surface area contributed by atoms with Crippen molar-refractivity contribution < 1.29 is 18.8 Å². The molecule has 0 spiro atoms. The van der Waals surface area contributed by atoms with Crippen LogP contribution in [0.15, 0.2) is 52.1 Å². The molecule has 0 aliphatic carbocycles. The fourth-order valence-electron chi connectivity index (χ4n) is 2.52. The molecule has 3 rings (SSSR count). The van der Waals surface area contributed by atoms with Gasteiger partial charge in [0.1, 0.15) is 0 Å². The summed E-state index contributed by atoms with van der Waals surface area (Å²) in [6.07, 6.45) is 2.53. The molecular formula is C20H21N3O4. The second-order valence-corrected chi connectivity index (χ2v) is 5.65. The van der Waals surface area contributed by atoms with Crippen molar-refractivity contribution in [3.05, 3.63) is 59.5 Å². The molecule has 2 aromatic carbocycles. The zero-order chi connectivity index (χ0) is 19.1. The van der Waals surface area contributed by atoms with Gasteiger partial charge in [0.15, 0.2) is 18.1 Å². The van der Waals surface area contributed by atoms with Crippen LogP contribution in [0.1, 0.15) is 23.9 Å². The first-order valence-electron chi connectivity index (χ1n) is 8.53. The maximum atomic E-state index is 5.34. The van der Waals surface area contributed by atoms with Crippen LogP contribution < -0.4 is 9.47 Å². The molecule has 0 radical (unpaired) electrons. The molecular weight excluding hydrogens is 346 g/mol. The number of hydrogen-bond acceptors (Lipinski definition) is 7. The molecule has 0 bridgehead atoms. The number of aryl methyl sites for hydroxylation is 1. The van der Waals surface area contributed by atoms with E-state index in [2.05, 4.69) is 22.2 Å². The van der Waals surface area contributed by atoms with Gasteiger partial charge in [0.05, 0.1) is 20.4 Å². The van der Waals surface area contributed by atoms with Crippen molar-refractivity contribution in [1.29, 1.82) is 0 Å². The lowest BCUT2D eigenvalue weighted by atomic mass is 10.1. The average molecular weight is 367 g/mol. The largest absolute Gasteiger partial charge is 0.493 e. The van der Waals surface area contributed by atoms with Gasteiger partial charge in [-0.25, -0.2) is 0 Å². The van der Waals surface area contributed by atoms with Gasteiger partial charge < -0.3 is 18.8 Å². The fourth-order valence-corrected chi connectivity index (χ4v) is 2.52. The Hall–Kier alpha value is -3.35. The highest BCUT2D eigenvalue weighted by Gasteiger charge is 2.10. The van der Waals surface area contributed by atoms with Gasteiger partial charge in [0.2, 0.25) is 5.82 Å². The Bertz CT molecular complexity index is 904. The molecule has 7 nitrogen and oxygen atoms in total. The van der Waals surface area contributed by atoms with E-state index in [0.717, 1.165) is 17.5 Å². The Balaban J connectivity index is 1.61. The van der Waals surface area contributed by atoms with Crippen LogP contribution in [-0.4, -0.2) is 30.6 Å². The highest BCUT2D eigenvalue weighted by Crippen LogP contribution is 2.29. The summed E-state index contributed by atoms with van der Waals surface area (Å²) < 4.78 is 15.8. The molecule has 0 atom stereocenters. The minimum Gasteiger partial charge on any atom is -0.493 e. The molecule has 0 aliphatic heterocycles. The van der Waals surface area contributed by atoms with Crippen LogP contribution in [0, 0.1) is 0 Å². The second-order valence-electron chi connectivity index (χ2n) is 5.65. The summed E-state index contributed by atoms with van der Waals surface area (Å²) in [7, 11) is 3.15. The molecule has 0 unspecified atom stereocenters. The highest BCUT2D eigenvalue weighted by molar-refractivity contribution is 5.84. The zero-order valence-electron chi connectivity index (χ0n) is 15.5. The molecule has 0 fully saturated rings. The fraction of sp³-hybridized carbons (Fsp3) is 0.250. The number of ether oxygens (including phenoxy) is 2. The predicted octanol–water partition coefficient (Wildman–Crippen LogP) is 3.87. The van der Waals surface area contributed by atoms with Crippen LogP contribution >= 0.6 is 0 Å². The number of benzene rings is 2. The first kappa shape index (κ1) is 18.4. The van der Waals surface area contributed by atoms with Gasteiger partial charge in [0, 0.05) is 11.1 Å². The highest BCUT2D eigenvalue weighted by atomic mass is 16.6. The van der Waals surface area contributed by atoms with Crippen molar-refractivity contribution in [3.63, 3.8) is 0 Å². The van der Waals surface area contributed by atoms with Crippen LogP contribution in [0.4, 0.5) is 0 Å². The van der Waals surface area contributed by atoms with E-state index in [0.29, 0.717) is 23.2 Å². The summed E-state index contributed by atoms with van der Waals surface area (Å²) in [5.41, 5.74) is 2.89. The minimum absolute atomic E-state index is 0.0722. The van der Waals surface area contributed by atoms with E-state index in [1.54, 1.807) is 20.4 Å². The van der Waals surface area contributed by atoms with Crippen LogP contribution in [0.3, 0.4) is 0 Å². The van der Waals surface area contributed by atoms with E-state index in [1.165, 1.54) is 5.56 Å². The molecule has 0 saturated carbocycles. The lowest BCUT2D eigenvalue weighted by Crippen LogP contribution is -1.95. The Morgan fingerprint density at radius 1 is 1.07 bits per heavy atom. The summed E-state index contributed by atoms with van der Waals surface area (Å²) in [6, 6.07) is 13.5. The predicted molar refractivity (Wildman–Crippen MR) is 101 cm³/mol. The third-order valence-corrected chi connectivity index (χ3v) is 3.98. The maximum Gasteiger partial charge on any atom is 0.267 e. The molecule has 1 heterocycles. The van der Waals surface area contributed by atoms with Crippen LogP contribution in [0.25, 0.3) is 11.4 Å². The molecule has 3 aromatic rings. The molecule has 0 N–H and O–H groups in total. The van der Waals surface area contributed by atoms with Gasteiger partial charge in [-0.15, -0.1) is 0 Å². The van der Waals surface area contributed by atoms with E-state index in [1.807, 2.05) is 42.5 Å². The number of oxime groups is 1. The standard InChI is InChI=1S/C20H21N3O4/c1-4-14-8-10-15(11-9-14)20-22-18(27-23-20)13-26-21-12-16-6-5-7-17(24-2)19(16)25-3/h5-12H,4,13H2,1-3H3/b21-12-. The number of hydrogen-bond donors (Lipinski definition) is 0. The van der Waals surface area contributed by atoms with Crippen LogP contribution in [-0.2, 0) is 17.9 Å². The van der Waals surface area contributed by atoms with Crippen molar-refractivity contribution in [1.82, 2.24) is 10.1 Å². The van der Waals surface area contributed by atoms with Gasteiger partial charge in [-0.3, -0.25) is 0 Å². The first-order valence-corrected chi connectivity index (χ1v) is 8.53. The third kappa shape index (κ3) is 4.44. The molecule has 27 heavy (non-hydrogen) atoms. The quantitative estimate of drug-likeness (QED) is 0.444. The van der Waals surface area contributed by atoms with Gasteiger partial charge in [-0.2, -0.15) is 4.98 Å². The Morgan fingerprint density at radius 3 is 2.59 bits per heavy atom. The zero-order valence-corrected chi connectivity index (χ0v) is 15.5. The van der Waals surface area contributed by atoms with Gasteiger partial charge in [0.25, 0.3) is 5.89 Å². The molecule has 0 amide bonds. The van der Waals surface area contributed by atoms with Crippen molar-refractivity contribution in [3.8, 4) is 22.9 Å². The van der Waals surface area contributed by atoms with Crippen molar-refractivity contribution in [2.75, 3.05) is 14.2 Å². The SMILES string of the molecule is CCc1ccc(-c2noc(CO/N=C\c3cccc(OC)c3OC)n2)cc1. The van der Waals surface area contributed by atoms with Crippen molar-refractivity contribution in [2.24, 2.45) is 5.16 Å². The molecule has 0 saturated heterocycles. The van der Waals surface area contributed by atoms with E-state index in [-0.39, 0.29) is 6.61 Å². The summed E-state index contributed by atoms with van der Waals surface area (Å²) in [6.45, 7) is 2.18. The topological polar surface area (TPSA) is 79.0 Å². The summed E-state index contributed by atoms with van der Waals surface area (Å²) in [5, 5.41) is 7.91. The smallest absolute Gasteiger partial charge is 0.267 e. The van der Waals surface area contributed by atoms with E-state index >= 15 is 0 Å². The average Bonchev–Trinajstić information content (AvgIpc) is 3.19. The lowest BCUT2D eigenvalue weighted by molar-refractivity contribution is 0.107. The number of aromatic nitrogens is 2. The normalized spacial score (nSPS) is 10.9. The van der Waals surface area contributed by atoms with Crippen LogP contribution in [0.5, 0.6) is 11.5 Å². The summed E-state index contributed by atoms with van der Waals surface area (Å²) in [4.78, 5) is 9.58. The first-order chi connectivity index (χ1) is 13.2.